The Kier molecular flexibility index (Phi) is 6.03. The highest BCUT2D eigenvalue weighted by molar-refractivity contribution is 8.00. The van der Waals surface area contributed by atoms with Gasteiger partial charge in [-0.2, -0.15) is 0 Å². The Bertz CT molecular complexity index is 586. The summed E-state index contributed by atoms with van der Waals surface area (Å²) >= 11 is 1.34. The molecule has 0 saturated heterocycles. The van der Waals surface area contributed by atoms with E-state index < -0.39 is 6.10 Å². The maximum absolute atomic E-state index is 12.8. The molecular formula is C16H18FNO3S. The number of aliphatic hydroxyl groups is 1. The molecule has 1 heterocycles. The molecule has 2 aromatic rings. The molecule has 0 saturated carbocycles. The van der Waals surface area contributed by atoms with Gasteiger partial charge in [0.2, 0.25) is 5.91 Å². The fourth-order valence-corrected chi connectivity index (χ4v) is 2.70. The monoisotopic (exact) mass is 323 g/mol. The molecule has 1 amide bonds. The Labute approximate surface area is 132 Å². The van der Waals surface area contributed by atoms with Gasteiger partial charge in [0.25, 0.3) is 0 Å². The van der Waals surface area contributed by atoms with Crippen molar-refractivity contribution in [2.45, 2.75) is 30.4 Å². The fourth-order valence-electron chi connectivity index (χ4n) is 1.99. The van der Waals surface area contributed by atoms with Gasteiger partial charge in [0.1, 0.15) is 17.7 Å². The number of benzene rings is 1. The van der Waals surface area contributed by atoms with E-state index in [9.17, 15) is 14.3 Å². The van der Waals surface area contributed by atoms with Gasteiger partial charge in [-0.1, -0.05) is 0 Å². The summed E-state index contributed by atoms with van der Waals surface area (Å²) in [5.41, 5.74) is 0. The molecule has 1 aromatic carbocycles. The highest BCUT2D eigenvalue weighted by Crippen LogP contribution is 2.20. The van der Waals surface area contributed by atoms with E-state index >= 15 is 0 Å². The van der Waals surface area contributed by atoms with E-state index in [2.05, 4.69) is 5.32 Å². The van der Waals surface area contributed by atoms with Crippen LogP contribution in [0.2, 0.25) is 0 Å². The smallest absolute Gasteiger partial charge is 0.230 e. The summed E-state index contributed by atoms with van der Waals surface area (Å²) < 4.78 is 17.9. The van der Waals surface area contributed by atoms with Crippen molar-refractivity contribution >= 4 is 17.7 Å². The molecule has 2 rings (SSSR count). The molecule has 2 atom stereocenters. The van der Waals surface area contributed by atoms with Crippen LogP contribution in [0.4, 0.5) is 4.39 Å². The highest BCUT2D eigenvalue weighted by atomic mass is 32.2. The Morgan fingerprint density at radius 3 is 2.73 bits per heavy atom. The van der Waals surface area contributed by atoms with Crippen LogP contribution in [-0.4, -0.2) is 22.8 Å². The van der Waals surface area contributed by atoms with Crippen LogP contribution in [0.15, 0.2) is 52.0 Å². The van der Waals surface area contributed by atoms with E-state index in [4.69, 9.17) is 4.42 Å². The molecule has 6 heteroatoms. The van der Waals surface area contributed by atoms with Crippen LogP contribution in [0.5, 0.6) is 0 Å². The zero-order valence-electron chi connectivity index (χ0n) is 12.2. The quantitative estimate of drug-likeness (QED) is 0.769. The summed E-state index contributed by atoms with van der Waals surface area (Å²) in [6.07, 6.45) is 1.14. The maximum atomic E-state index is 12.8. The minimum absolute atomic E-state index is 0.131. The van der Waals surface area contributed by atoms with Crippen LogP contribution in [0, 0.1) is 5.82 Å². The van der Waals surface area contributed by atoms with Crippen molar-refractivity contribution in [3.05, 3.63) is 54.2 Å². The first-order valence-electron chi connectivity index (χ1n) is 6.94. The number of hydrogen-bond acceptors (Lipinski definition) is 4. The SMILES string of the molecule is CC(CC(O)c1ccco1)NC(=O)CSc1ccc(F)cc1. The van der Waals surface area contributed by atoms with E-state index in [1.54, 1.807) is 24.3 Å². The summed E-state index contributed by atoms with van der Waals surface area (Å²) in [7, 11) is 0. The number of rotatable bonds is 7. The molecule has 0 radical (unpaired) electrons. The molecule has 2 unspecified atom stereocenters. The van der Waals surface area contributed by atoms with Gasteiger partial charge in [-0.15, -0.1) is 11.8 Å². The second-order valence-corrected chi connectivity index (χ2v) is 6.03. The fraction of sp³-hybridized carbons (Fsp3) is 0.312. The zero-order chi connectivity index (χ0) is 15.9. The predicted molar refractivity (Wildman–Crippen MR) is 83.0 cm³/mol. The molecule has 0 aliphatic rings. The van der Waals surface area contributed by atoms with Gasteiger partial charge in [0, 0.05) is 17.4 Å². The summed E-state index contributed by atoms with van der Waals surface area (Å²) in [5, 5.41) is 12.8. The van der Waals surface area contributed by atoms with Crippen LogP contribution >= 0.6 is 11.8 Å². The Balaban J connectivity index is 1.73. The van der Waals surface area contributed by atoms with E-state index in [1.807, 2.05) is 6.92 Å². The summed E-state index contributed by atoms with van der Waals surface area (Å²) in [6, 6.07) is 9.23. The van der Waals surface area contributed by atoms with Crippen LogP contribution < -0.4 is 5.32 Å². The number of hydrogen-bond donors (Lipinski definition) is 2. The van der Waals surface area contributed by atoms with Gasteiger partial charge < -0.3 is 14.8 Å². The molecule has 0 aliphatic carbocycles. The second kappa shape index (κ2) is 8.00. The number of aliphatic hydroxyl groups excluding tert-OH is 1. The van der Waals surface area contributed by atoms with Crippen molar-refractivity contribution in [2.24, 2.45) is 0 Å². The minimum Gasteiger partial charge on any atom is -0.467 e. The van der Waals surface area contributed by atoms with Crippen LogP contribution in [0.1, 0.15) is 25.2 Å². The van der Waals surface area contributed by atoms with E-state index in [0.717, 1.165) is 4.90 Å². The van der Waals surface area contributed by atoms with Gasteiger partial charge in [-0.3, -0.25) is 4.79 Å². The van der Waals surface area contributed by atoms with Gasteiger partial charge in [-0.05, 0) is 43.3 Å². The largest absolute Gasteiger partial charge is 0.467 e. The Hall–Kier alpha value is -1.79. The van der Waals surface area contributed by atoms with Crippen LogP contribution in [0.25, 0.3) is 0 Å². The molecule has 4 nitrogen and oxygen atoms in total. The number of furan rings is 1. The molecule has 1 aromatic heterocycles. The van der Waals surface area contributed by atoms with Crippen molar-refractivity contribution in [1.82, 2.24) is 5.32 Å². The average molecular weight is 323 g/mol. The number of carbonyl (C=O) groups excluding carboxylic acids is 1. The van der Waals surface area contributed by atoms with Gasteiger partial charge in [-0.25, -0.2) is 4.39 Å². The van der Waals surface area contributed by atoms with Gasteiger partial charge in [0.15, 0.2) is 0 Å². The summed E-state index contributed by atoms with van der Waals surface area (Å²) in [5.74, 6) is 0.303. The third kappa shape index (κ3) is 5.20. The minimum atomic E-state index is -0.741. The van der Waals surface area contributed by atoms with E-state index in [-0.39, 0.29) is 23.5 Å². The Morgan fingerprint density at radius 2 is 2.09 bits per heavy atom. The summed E-state index contributed by atoms with van der Waals surface area (Å²) in [6.45, 7) is 1.83. The molecule has 0 spiro atoms. The molecule has 0 fully saturated rings. The van der Waals surface area contributed by atoms with Crippen molar-refractivity contribution in [2.75, 3.05) is 5.75 Å². The number of halogens is 1. The standard InChI is InChI=1S/C16H18FNO3S/c1-11(9-14(19)15-3-2-8-21-15)18-16(20)10-22-13-6-4-12(17)5-7-13/h2-8,11,14,19H,9-10H2,1H3,(H,18,20). The van der Waals surface area contributed by atoms with E-state index in [0.29, 0.717) is 12.2 Å². The van der Waals surface area contributed by atoms with Crippen molar-refractivity contribution in [3.63, 3.8) is 0 Å². The molecule has 0 bridgehead atoms. The zero-order valence-corrected chi connectivity index (χ0v) is 13.0. The molecular weight excluding hydrogens is 305 g/mol. The second-order valence-electron chi connectivity index (χ2n) is 4.98. The number of thioether (sulfide) groups is 1. The van der Waals surface area contributed by atoms with Gasteiger partial charge in [0.05, 0.1) is 12.0 Å². The lowest BCUT2D eigenvalue weighted by atomic mass is 10.1. The normalized spacial score (nSPS) is 13.6. The van der Waals surface area contributed by atoms with Crippen LogP contribution in [-0.2, 0) is 4.79 Å². The topological polar surface area (TPSA) is 62.5 Å². The molecule has 2 N–H and O–H groups in total. The number of nitrogens with one attached hydrogen (secondary N) is 1. The lowest BCUT2D eigenvalue weighted by molar-refractivity contribution is -0.119. The predicted octanol–water partition coefficient (Wildman–Crippen LogP) is 3.14. The molecule has 22 heavy (non-hydrogen) atoms. The van der Waals surface area contributed by atoms with Crippen molar-refractivity contribution in [1.29, 1.82) is 0 Å². The first kappa shape index (κ1) is 16.6. The van der Waals surface area contributed by atoms with Crippen LogP contribution in [0.3, 0.4) is 0 Å². The third-order valence-corrected chi connectivity index (χ3v) is 4.05. The maximum Gasteiger partial charge on any atom is 0.230 e. The van der Waals surface area contributed by atoms with Crippen molar-refractivity contribution in [3.8, 4) is 0 Å². The van der Waals surface area contributed by atoms with Gasteiger partial charge >= 0.3 is 0 Å². The third-order valence-electron chi connectivity index (χ3n) is 3.04. The number of carbonyl (C=O) groups is 1. The first-order valence-corrected chi connectivity index (χ1v) is 7.92. The molecule has 118 valence electrons. The lowest BCUT2D eigenvalue weighted by Gasteiger charge is -2.16. The summed E-state index contributed by atoms with van der Waals surface area (Å²) in [4.78, 5) is 12.7. The average Bonchev–Trinajstić information content (AvgIpc) is 3.01. The van der Waals surface area contributed by atoms with E-state index in [1.165, 1.54) is 30.2 Å². The molecule has 0 aliphatic heterocycles. The first-order chi connectivity index (χ1) is 10.5. The number of amides is 1. The lowest BCUT2D eigenvalue weighted by Crippen LogP contribution is -2.34. The Morgan fingerprint density at radius 1 is 1.36 bits per heavy atom. The van der Waals surface area contributed by atoms with Crippen molar-refractivity contribution < 1.29 is 18.7 Å². The highest BCUT2D eigenvalue weighted by Gasteiger charge is 2.16.